The molecule has 0 aliphatic rings. The maximum Gasteiger partial charge on any atom is 0.252 e. The summed E-state index contributed by atoms with van der Waals surface area (Å²) in [6, 6.07) is 4.93. The number of carbonyl (C=O) groups excluding carboxylic acids is 1. The monoisotopic (exact) mass is 351 g/mol. The zero-order valence-electron chi connectivity index (χ0n) is 14.3. The molecule has 0 radical (unpaired) electrons. The SMILES string of the molecule is C=C/C(=N\N)c1ccc(Cl)c(C(=O)NCC(C)(O)CCCCC)c1. The van der Waals surface area contributed by atoms with Gasteiger partial charge in [0.15, 0.2) is 0 Å². The second-order valence-corrected chi connectivity index (χ2v) is 6.46. The highest BCUT2D eigenvalue weighted by molar-refractivity contribution is 6.34. The molecule has 1 aromatic carbocycles. The third kappa shape index (κ3) is 5.98. The highest BCUT2D eigenvalue weighted by atomic mass is 35.5. The molecule has 1 unspecified atom stereocenters. The predicted molar refractivity (Wildman–Crippen MR) is 99.5 cm³/mol. The number of amides is 1. The van der Waals surface area contributed by atoms with Crippen LogP contribution in [0.4, 0.5) is 0 Å². The van der Waals surface area contributed by atoms with Crippen LogP contribution in [0.5, 0.6) is 0 Å². The van der Waals surface area contributed by atoms with Crippen LogP contribution in [0.25, 0.3) is 0 Å². The van der Waals surface area contributed by atoms with Crippen molar-refractivity contribution in [3.63, 3.8) is 0 Å². The number of nitrogens with two attached hydrogens (primary N) is 1. The summed E-state index contributed by atoms with van der Waals surface area (Å²) in [5.41, 5.74) is 0.477. The molecule has 1 aromatic rings. The first kappa shape index (κ1) is 20.2. The maximum absolute atomic E-state index is 12.4. The Morgan fingerprint density at radius 1 is 1.50 bits per heavy atom. The van der Waals surface area contributed by atoms with Gasteiger partial charge < -0.3 is 16.3 Å². The third-order valence-electron chi connectivity index (χ3n) is 3.79. The summed E-state index contributed by atoms with van der Waals surface area (Å²) < 4.78 is 0. The van der Waals surface area contributed by atoms with E-state index in [-0.39, 0.29) is 12.5 Å². The van der Waals surface area contributed by atoms with Crippen LogP contribution in [0, 0.1) is 0 Å². The average molecular weight is 352 g/mol. The van der Waals surface area contributed by atoms with Gasteiger partial charge in [0.1, 0.15) is 0 Å². The lowest BCUT2D eigenvalue weighted by Gasteiger charge is -2.23. The molecule has 0 aliphatic heterocycles. The second kappa shape index (κ2) is 9.45. The van der Waals surface area contributed by atoms with Crippen molar-refractivity contribution < 1.29 is 9.90 Å². The lowest BCUT2D eigenvalue weighted by atomic mass is 9.98. The molecule has 0 aromatic heterocycles. The molecule has 0 aliphatic carbocycles. The number of unbranched alkanes of at least 4 members (excludes halogenated alkanes) is 2. The number of halogens is 1. The highest BCUT2D eigenvalue weighted by Crippen LogP contribution is 2.19. The first-order chi connectivity index (χ1) is 11.3. The van der Waals surface area contributed by atoms with Crippen LogP contribution >= 0.6 is 11.6 Å². The normalized spacial score (nSPS) is 14.1. The molecular formula is C18H26ClN3O2. The van der Waals surface area contributed by atoms with Gasteiger partial charge in [0.2, 0.25) is 0 Å². The van der Waals surface area contributed by atoms with Gasteiger partial charge in [-0.3, -0.25) is 4.79 Å². The number of nitrogens with one attached hydrogen (secondary N) is 1. The number of aliphatic hydroxyl groups is 1. The molecule has 4 N–H and O–H groups in total. The molecule has 0 bridgehead atoms. The van der Waals surface area contributed by atoms with E-state index in [1.165, 1.54) is 6.08 Å². The Labute approximate surface area is 148 Å². The Bertz CT molecular complexity index is 612. The number of hydrogen-bond donors (Lipinski definition) is 3. The van der Waals surface area contributed by atoms with Gasteiger partial charge in [0.05, 0.1) is 21.9 Å². The molecule has 0 saturated heterocycles. The van der Waals surface area contributed by atoms with Crippen LogP contribution in [0.1, 0.15) is 55.5 Å². The van der Waals surface area contributed by atoms with Crippen molar-refractivity contribution in [3.8, 4) is 0 Å². The summed E-state index contributed by atoms with van der Waals surface area (Å²) in [5.74, 6) is 4.95. The van der Waals surface area contributed by atoms with Crippen molar-refractivity contribution in [2.75, 3.05) is 6.54 Å². The molecule has 1 amide bonds. The van der Waals surface area contributed by atoms with Gasteiger partial charge >= 0.3 is 0 Å². The van der Waals surface area contributed by atoms with Crippen molar-refractivity contribution >= 4 is 23.2 Å². The summed E-state index contributed by atoms with van der Waals surface area (Å²) in [4.78, 5) is 12.4. The zero-order chi connectivity index (χ0) is 18.2. The molecule has 0 saturated carbocycles. The first-order valence-corrected chi connectivity index (χ1v) is 8.43. The lowest BCUT2D eigenvalue weighted by Crippen LogP contribution is -2.40. The number of hydrazone groups is 1. The number of allylic oxidation sites excluding steroid dienone is 1. The van der Waals surface area contributed by atoms with Gasteiger partial charge in [0.25, 0.3) is 5.91 Å². The molecule has 24 heavy (non-hydrogen) atoms. The summed E-state index contributed by atoms with van der Waals surface area (Å²) in [5, 5.41) is 17.0. The quantitative estimate of drug-likeness (QED) is 0.276. The molecule has 0 spiro atoms. The molecule has 6 heteroatoms. The Balaban J connectivity index is 2.80. The Morgan fingerprint density at radius 3 is 2.79 bits per heavy atom. The van der Waals surface area contributed by atoms with Crippen LogP contribution in [0.15, 0.2) is 36.0 Å². The Morgan fingerprint density at radius 2 is 2.21 bits per heavy atom. The fourth-order valence-corrected chi connectivity index (χ4v) is 2.52. The molecule has 0 fully saturated rings. The van der Waals surface area contributed by atoms with E-state index in [0.29, 0.717) is 28.3 Å². The maximum atomic E-state index is 12.4. The van der Waals surface area contributed by atoms with Crippen LogP contribution < -0.4 is 11.2 Å². The standard InChI is InChI=1S/C18H26ClN3O2/c1-4-6-7-10-18(3,24)12-21-17(23)14-11-13(8-9-15(14)19)16(5-2)22-20/h5,8-9,11,24H,2,4,6-7,10,12,20H2,1,3H3,(H,21,23)/b22-16+. The van der Waals surface area contributed by atoms with Gasteiger partial charge in [-0.15, -0.1) is 0 Å². The predicted octanol–water partition coefficient (Wildman–Crippen LogP) is 3.25. The second-order valence-electron chi connectivity index (χ2n) is 6.05. The Kier molecular flexibility index (Phi) is 7.95. The van der Waals surface area contributed by atoms with E-state index in [2.05, 4.69) is 23.9 Å². The number of nitrogens with zero attached hydrogens (tertiary/aromatic N) is 1. The minimum absolute atomic E-state index is 0.162. The van der Waals surface area contributed by atoms with E-state index in [1.54, 1.807) is 25.1 Å². The van der Waals surface area contributed by atoms with E-state index >= 15 is 0 Å². The van der Waals surface area contributed by atoms with Gasteiger partial charge in [-0.2, -0.15) is 5.10 Å². The van der Waals surface area contributed by atoms with Crippen molar-refractivity contribution in [1.29, 1.82) is 0 Å². The van der Waals surface area contributed by atoms with Crippen LogP contribution in [0.2, 0.25) is 5.02 Å². The molecule has 0 heterocycles. The van der Waals surface area contributed by atoms with E-state index in [1.807, 2.05) is 0 Å². The zero-order valence-corrected chi connectivity index (χ0v) is 15.1. The van der Waals surface area contributed by atoms with Crippen LogP contribution in [-0.4, -0.2) is 28.9 Å². The summed E-state index contributed by atoms with van der Waals surface area (Å²) >= 11 is 6.11. The third-order valence-corrected chi connectivity index (χ3v) is 4.12. The van der Waals surface area contributed by atoms with E-state index in [4.69, 9.17) is 17.4 Å². The van der Waals surface area contributed by atoms with E-state index in [0.717, 1.165) is 19.3 Å². The lowest BCUT2D eigenvalue weighted by molar-refractivity contribution is 0.0453. The summed E-state index contributed by atoms with van der Waals surface area (Å²) in [6.45, 7) is 7.62. The van der Waals surface area contributed by atoms with Gasteiger partial charge in [-0.25, -0.2) is 0 Å². The molecule has 132 valence electrons. The minimum Gasteiger partial charge on any atom is -0.388 e. The van der Waals surface area contributed by atoms with Gasteiger partial charge in [-0.1, -0.05) is 50.4 Å². The summed E-state index contributed by atoms with van der Waals surface area (Å²) in [7, 11) is 0. The topological polar surface area (TPSA) is 87.7 Å². The fraction of sp³-hybridized carbons (Fsp3) is 0.444. The fourth-order valence-electron chi connectivity index (χ4n) is 2.31. The van der Waals surface area contributed by atoms with E-state index < -0.39 is 5.60 Å². The summed E-state index contributed by atoms with van der Waals surface area (Å²) in [6.07, 6.45) is 5.20. The number of carbonyl (C=O) groups is 1. The number of benzene rings is 1. The van der Waals surface area contributed by atoms with Gasteiger partial charge in [-0.05, 0) is 31.6 Å². The van der Waals surface area contributed by atoms with Gasteiger partial charge in [0, 0.05) is 12.1 Å². The smallest absolute Gasteiger partial charge is 0.252 e. The largest absolute Gasteiger partial charge is 0.388 e. The van der Waals surface area contributed by atoms with E-state index in [9.17, 15) is 9.90 Å². The average Bonchev–Trinajstić information content (AvgIpc) is 2.55. The van der Waals surface area contributed by atoms with Crippen molar-refractivity contribution in [2.45, 2.75) is 45.1 Å². The number of rotatable bonds is 9. The van der Waals surface area contributed by atoms with Crippen molar-refractivity contribution in [2.24, 2.45) is 10.9 Å². The first-order valence-electron chi connectivity index (χ1n) is 8.05. The highest BCUT2D eigenvalue weighted by Gasteiger charge is 2.22. The minimum atomic E-state index is -0.945. The van der Waals surface area contributed by atoms with Crippen molar-refractivity contribution in [3.05, 3.63) is 47.0 Å². The molecular weight excluding hydrogens is 326 g/mol. The Hall–Kier alpha value is -1.85. The van der Waals surface area contributed by atoms with Crippen LogP contribution in [0.3, 0.4) is 0 Å². The molecule has 5 nitrogen and oxygen atoms in total. The van der Waals surface area contributed by atoms with Crippen LogP contribution in [-0.2, 0) is 0 Å². The molecule has 1 rings (SSSR count). The molecule has 1 atom stereocenters. The number of hydrogen-bond acceptors (Lipinski definition) is 4. The van der Waals surface area contributed by atoms with Crippen molar-refractivity contribution in [1.82, 2.24) is 5.32 Å².